The molecular weight excluding hydrogens is 332 g/mol. The van der Waals surface area contributed by atoms with Crippen LogP contribution >= 0.6 is 11.6 Å². The number of benzene rings is 2. The molecule has 1 unspecified atom stereocenters. The molecule has 25 heavy (non-hydrogen) atoms. The van der Waals surface area contributed by atoms with Gasteiger partial charge in [0.2, 0.25) is 5.91 Å². The van der Waals surface area contributed by atoms with Gasteiger partial charge in [-0.05, 0) is 48.6 Å². The Balaban J connectivity index is 1.42. The third-order valence-electron chi connectivity index (χ3n) is 6.04. The van der Waals surface area contributed by atoms with Crippen molar-refractivity contribution < 1.29 is 4.79 Å². The van der Waals surface area contributed by atoms with Crippen molar-refractivity contribution in [2.24, 2.45) is 4.99 Å². The second-order valence-corrected chi connectivity index (χ2v) is 7.93. The lowest BCUT2D eigenvalue weighted by atomic mass is 9.82. The van der Waals surface area contributed by atoms with E-state index in [0.717, 1.165) is 43.6 Å². The third-order valence-corrected chi connectivity index (χ3v) is 6.29. The van der Waals surface area contributed by atoms with Crippen molar-refractivity contribution in [2.45, 2.75) is 30.1 Å². The number of likely N-dealkylation sites (tertiary alicyclic amines) is 1. The van der Waals surface area contributed by atoms with Gasteiger partial charge in [0.1, 0.15) is 0 Å². The highest BCUT2D eigenvalue weighted by molar-refractivity contribution is 6.30. The Morgan fingerprint density at radius 3 is 2.56 bits per heavy atom. The van der Waals surface area contributed by atoms with Crippen molar-refractivity contribution in [1.29, 1.82) is 0 Å². The maximum atomic E-state index is 13.3. The quantitative estimate of drug-likeness (QED) is 0.796. The second-order valence-electron chi connectivity index (χ2n) is 7.50. The van der Waals surface area contributed by atoms with Gasteiger partial charge in [-0.25, -0.2) is 0 Å². The average molecular weight is 351 g/mol. The van der Waals surface area contributed by atoms with Crippen LogP contribution in [0.1, 0.15) is 30.4 Å². The molecule has 1 amide bonds. The number of carbonyl (C=O) groups excluding carboxylic acids is 1. The van der Waals surface area contributed by atoms with Crippen molar-refractivity contribution in [3.05, 3.63) is 64.7 Å². The van der Waals surface area contributed by atoms with E-state index in [9.17, 15) is 4.79 Å². The monoisotopic (exact) mass is 350 g/mol. The van der Waals surface area contributed by atoms with Gasteiger partial charge in [0.15, 0.2) is 0 Å². The van der Waals surface area contributed by atoms with E-state index in [1.165, 1.54) is 5.56 Å². The molecule has 4 heteroatoms. The number of carbonyl (C=O) groups is 1. The van der Waals surface area contributed by atoms with E-state index in [0.29, 0.717) is 5.02 Å². The third kappa shape index (κ3) is 2.18. The van der Waals surface area contributed by atoms with Crippen LogP contribution in [0.5, 0.6) is 0 Å². The normalized spacial score (nSPS) is 25.4. The molecule has 3 aliphatic rings. The van der Waals surface area contributed by atoms with Gasteiger partial charge in [0.25, 0.3) is 0 Å². The number of para-hydroxylation sites is 1. The summed E-state index contributed by atoms with van der Waals surface area (Å²) in [4.78, 5) is 20.0. The topological polar surface area (TPSA) is 32.7 Å². The van der Waals surface area contributed by atoms with Crippen molar-refractivity contribution in [2.75, 3.05) is 13.1 Å². The molecule has 0 aromatic heterocycles. The number of rotatable bonds is 2. The molecule has 5 rings (SSSR count). The number of hydrogen-bond donors (Lipinski definition) is 0. The van der Waals surface area contributed by atoms with Crippen LogP contribution in [0, 0.1) is 0 Å². The lowest BCUT2D eigenvalue weighted by molar-refractivity contribution is -0.133. The molecule has 126 valence electrons. The molecule has 0 N–H and O–H groups in total. The molecule has 2 fully saturated rings. The Morgan fingerprint density at radius 2 is 1.80 bits per heavy atom. The van der Waals surface area contributed by atoms with Gasteiger partial charge in [-0.15, -0.1) is 0 Å². The summed E-state index contributed by atoms with van der Waals surface area (Å²) >= 11 is 6.01. The molecule has 2 heterocycles. The maximum absolute atomic E-state index is 13.3. The van der Waals surface area contributed by atoms with E-state index < -0.39 is 0 Å². The molecule has 0 bridgehead atoms. The minimum atomic E-state index is -0.328. The van der Waals surface area contributed by atoms with Crippen molar-refractivity contribution >= 4 is 29.4 Å². The summed E-state index contributed by atoms with van der Waals surface area (Å²) in [6, 6.07) is 16.1. The molecule has 0 radical (unpaired) electrons. The summed E-state index contributed by atoms with van der Waals surface area (Å²) in [7, 11) is 0. The van der Waals surface area contributed by atoms with Gasteiger partial charge >= 0.3 is 0 Å². The van der Waals surface area contributed by atoms with E-state index in [1.54, 1.807) is 0 Å². The Kier molecular flexibility index (Phi) is 3.14. The average Bonchev–Trinajstić information content (AvgIpc) is 3.22. The molecule has 2 aliphatic heterocycles. The van der Waals surface area contributed by atoms with Crippen LogP contribution in [0.4, 0.5) is 5.69 Å². The molecule has 1 saturated heterocycles. The lowest BCUT2D eigenvalue weighted by Gasteiger charge is -2.26. The zero-order valence-electron chi connectivity index (χ0n) is 13.9. The fourth-order valence-electron chi connectivity index (χ4n) is 4.42. The Bertz CT molecular complexity index is 885. The Morgan fingerprint density at radius 1 is 1.04 bits per heavy atom. The first-order valence-corrected chi connectivity index (χ1v) is 9.21. The molecule has 1 spiro atoms. The van der Waals surface area contributed by atoms with E-state index in [2.05, 4.69) is 34.3 Å². The number of fused-ring (bicyclic) bond motifs is 2. The predicted molar refractivity (Wildman–Crippen MR) is 99.8 cm³/mol. The van der Waals surface area contributed by atoms with Crippen molar-refractivity contribution in [3.8, 4) is 0 Å². The fourth-order valence-corrected chi connectivity index (χ4v) is 4.55. The highest BCUT2D eigenvalue weighted by atomic mass is 35.5. The molecule has 3 nitrogen and oxygen atoms in total. The minimum Gasteiger partial charge on any atom is -0.341 e. The van der Waals surface area contributed by atoms with E-state index in [-0.39, 0.29) is 16.7 Å². The molecule has 2 aromatic carbocycles. The zero-order valence-corrected chi connectivity index (χ0v) is 14.7. The van der Waals surface area contributed by atoms with Gasteiger partial charge in [-0.1, -0.05) is 41.9 Å². The first-order valence-electron chi connectivity index (χ1n) is 8.83. The van der Waals surface area contributed by atoms with Crippen LogP contribution in [0.2, 0.25) is 5.02 Å². The molecule has 2 aromatic rings. The van der Waals surface area contributed by atoms with Gasteiger partial charge in [-0.2, -0.15) is 0 Å². The fraction of sp³-hybridized carbons (Fsp3) is 0.333. The first kappa shape index (κ1) is 15.2. The first-order chi connectivity index (χ1) is 12.1. The summed E-state index contributed by atoms with van der Waals surface area (Å²) in [5.74, 6) is 0.268. The summed E-state index contributed by atoms with van der Waals surface area (Å²) in [5, 5.41) is 0.714. The number of aliphatic imine (C=N–C) groups is 1. The second kappa shape index (κ2) is 5.18. The van der Waals surface area contributed by atoms with E-state index >= 15 is 0 Å². The molecular formula is C21H19ClN2O. The SMILES string of the molecule is O=C(N1CCC2(C=Nc3ccccc32)C1)C1(c2ccc(Cl)cc2)CC1. The molecule has 1 atom stereocenters. The highest BCUT2D eigenvalue weighted by Crippen LogP contribution is 2.51. The zero-order chi connectivity index (χ0) is 17.1. The van der Waals surface area contributed by atoms with Crippen LogP contribution in [0.15, 0.2) is 53.5 Å². The van der Waals surface area contributed by atoms with Crippen molar-refractivity contribution in [1.82, 2.24) is 4.90 Å². The van der Waals surface area contributed by atoms with Crippen LogP contribution in [0.3, 0.4) is 0 Å². The number of hydrogen-bond acceptors (Lipinski definition) is 2. The molecule has 1 aliphatic carbocycles. The largest absolute Gasteiger partial charge is 0.341 e. The lowest BCUT2D eigenvalue weighted by Crippen LogP contribution is -2.40. The highest BCUT2D eigenvalue weighted by Gasteiger charge is 2.55. The summed E-state index contributed by atoms with van der Waals surface area (Å²) in [6.45, 7) is 1.54. The number of nitrogens with zero attached hydrogens (tertiary/aromatic N) is 2. The Labute approximate surface area is 152 Å². The van der Waals surface area contributed by atoms with Gasteiger partial charge in [-0.3, -0.25) is 9.79 Å². The Hall–Kier alpha value is -2.13. The summed E-state index contributed by atoms with van der Waals surface area (Å²) < 4.78 is 0. The number of amides is 1. The van der Waals surface area contributed by atoms with Crippen LogP contribution < -0.4 is 0 Å². The predicted octanol–water partition coefficient (Wildman–Crippen LogP) is 4.26. The maximum Gasteiger partial charge on any atom is 0.233 e. The smallest absolute Gasteiger partial charge is 0.233 e. The summed E-state index contributed by atoms with van der Waals surface area (Å²) in [5.41, 5.74) is 2.99. The van der Waals surface area contributed by atoms with Crippen LogP contribution in [0.25, 0.3) is 0 Å². The van der Waals surface area contributed by atoms with Crippen LogP contribution in [-0.2, 0) is 15.6 Å². The summed E-state index contributed by atoms with van der Waals surface area (Å²) in [6.07, 6.45) is 4.88. The van der Waals surface area contributed by atoms with E-state index in [4.69, 9.17) is 11.6 Å². The van der Waals surface area contributed by atoms with Crippen LogP contribution in [-0.4, -0.2) is 30.1 Å². The van der Waals surface area contributed by atoms with E-state index in [1.807, 2.05) is 30.3 Å². The number of halogens is 1. The molecule has 1 saturated carbocycles. The van der Waals surface area contributed by atoms with Gasteiger partial charge in [0, 0.05) is 24.3 Å². The van der Waals surface area contributed by atoms with Gasteiger partial charge in [0.05, 0.1) is 16.5 Å². The van der Waals surface area contributed by atoms with Gasteiger partial charge < -0.3 is 4.90 Å². The standard InChI is InChI=1S/C21H19ClN2O/c22-16-7-5-15(6-8-16)21(9-10-21)19(25)24-12-11-20(14-24)13-23-18-4-2-1-3-17(18)20/h1-8,13H,9-12,14H2. The minimum absolute atomic E-state index is 0.0949. The van der Waals surface area contributed by atoms with Crippen molar-refractivity contribution in [3.63, 3.8) is 0 Å².